The van der Waals surface area contributed by atoms with Gasteiger partial charge in [0.05, 0.1) is 17.6 Å². The first kappa shape index (κ1) is 20.7. The van der Waals surface area contributed by atoms with E-state index < -0.39 is 22.9 Å². The zero-order valence-electron chi connectivity index (χ0n) is 15.7. The third-order valence-electron chi connectivity index (χ3n) is 3.98. The molecule has 0 fully saturated rings. The molecule has 0 radical (unpaired) electrons. The predicted octanol–water partition coefficient (Wildman–Crippen LogP) is 2.51. The molecule has 0 bridgehead atoms. The van der Waals surface area contributed by atoms with Crippen LogP contribution in [-0.4, -0.2) is 37.1 Å². The molecule has 1 atom stereocenters. The topological polar surface area (TPSA) is 120 Å². The summed E-state index contributed by atoms with van der Waals surface area (Å²) in [6.07, 6.45) is -1.07. The number of hydrogen-bond donors (Lipinski definition) is 2. The number of esters is 1. The Morgan fingerprint density at radius 2 is 1.86 bits per heavy atom. The molecule has 0 aromatic heterocycles. The van der Waals surface area contributed by atoms with Gasteiger partial charge in [-0.1, -0.05) is 12.1 Å². The van der Waals surface area contributed by atoms with Gasteiger partial charge in [-0.25, -0.2) is 4.79 Å². The SMILES string of the molecule is CNc1ccc([N+](=O)[O-])cc1C(=O)O[C@@H](C)C(=O)NCc1ccc(OC)cc1. The van der Waals surface area contributed by atoms with Gasteiger partial charge in [-0.05, 0) is 30.7 Å². The molecule has 148 valence electrons. The van der Waals surface area contributed by atoms with Gasteiger partial charge in [0.15, 0.2) is 6.10 Å². The molecule has 0 aliphatic carbocycles. The van der Waals surface area contributed by atoms with Crippen molar-refractivity contribution < 1.29 is 24.0 Å². The fraction of sp³-hybridized carbons (Fsp3) is 0.263. The average Bonchev–Trinajstić information content (AvgIpc) is 2.71. The van der Waals surface area contributed by atoms with Crippen LogP contribution in [0.3, 0.4) is 0 Å². The van der Waals surface area contributed by atoms with Crippen molar-refractivity contribution in [3.05, 3.63) is 63.7 Å². The van der Waals surface area contributed by atoms with E-state index in [1.165, 1.54) is 19.1 Å². The molecule has 0 unspecified atom stereocenters. The Hall–Kier alpha value is -3.62. The molecule has 1 amide bonds. The predicted molar refractivity (Wildman–Crippen MR) is 102 cm³/mol. The minimum Gasteiger partial charge on any atom is -0.497 e. The quantitative estimate of drug-likeness (QED) is 0.406. The Balaban J connectivity index is 1.99. The first-order valence-electron chi connectivity index (χ1n) is 8.43. The molecule has 0 spiro atoms. The molecule has 0 aliphatic heterocycles. The van der Waals surface area contributed by atoms with Crippen molar-refractivity contribution in [1.82, 2.24) is 5.32 Å². The number of non-ortho nitro benzene ring substituents is 1. The van der Waals surface area contributed by atoms with Crippen LogP contribution in [0.5, 0.6) is 5.75 Å². The van der Waals surface area contributed by atoms with Gasteiger partial charge < -0.3 is 20.1 Å². The zero-order valence-corrected chi connectivity index (χ0v) is 15.7. The highest BCUT2D eigenvalue weighted by atomic mass is 16.6. The minimum absolute atomic E-state index is 0.0218. The monoisotopic (exact) mass is 387 g/mol. The molecule has 28 heavy (non-hydrogen) atoms. The lowest BCUT2D eigenvalue weighted by Crippen LogP contribution is -2.35. The molecule has 2 aromatic carbocycles. The number of carbonyl (C=O) groups excluding carboxylic acids is 2. The lowest BCUT2D eigenvalue weighted by atomic mass is 10.1. The standard InChI is InChI=1S/C19H21N3O6/c1-12(18(23)21-11-13-4-7-15(27-3)8-5-13)28-19(24)16-10-14(22(25)26)6-9-17(16)20-2/h4-10,12,20H,11H2,1-3H3,(H,21,23)/t12-/m0/s1. The van der Waals surface area contributed by atoms with Crippen molar-refractivity contribution in [2.45, 2.75) is 19.6 Å². The van der Waals surface area contributed by atoms with E-state index in [1.54, 1.807) is 38.4 Å². The maximum absolute atomic E-state index is 12.4. The van der Waals surface area contributed by atoms with Crippen LogP contribution in [0.4, 0.5) is 11.4 Å². The molecular formula is C19H21N3O6. The number of amides is 1. The summed E-state index contributed by atoms with van der Waals surface area (Å²) >= 11 is 0. The van der Waals surface area contributed by atoms with Gasteiger partial charge in [0, 0.05) is 31.4 Å². The smallest absolute Gasteiger partial charge is 0.341 e. The normalized spacial score (nSPS) is 11.2. The van der Waals surface area contributed by atoms with Crippen LogP contribution >= 0.6 is 0 Å². The van der Waals surface area contributed by atoms with Crippen molar-refractivity contribution in [2.75, 3.05) is 19.5 Å². The number of rotatable bonds is 8. The summed E-state index contributed by atoms with van der Waals surface area (Å²) in [5, 5.41) is 16.4. The van der Waals surface area contributed by atoms with E-state index in [4.69, 9.17) is 9.47 Å². The maximum atomic E-state index is 12.4. The van der Waals surface area contributed by atoms with Gasteiger partial charge in [0.2, 0.25) is 0 Å². The van der Waals surface area contributed by atoms with E-state index >= 15 is 0 Å². The Kier molecular flexibility index (Phi) is 6.91. The van der Waals surface area contributed by atoms with Crippen molar-refractivity contribution >= 4 is 23.3 Å². The highest BCUT2D eigenvalue weighted by Gasteiger charge is 2.22. The van der Waals surface area contributed by atoms with E-state index in [0.29, 0.717) is 11.4 Å². The summed E-state index contributed by atoms with van der Waals surface area (Å²) in [6.45, 7) is 1.68. The second kappa shape index (κ2) is 9.36. The van der Waals surface area contributed by atoms with Crippen molar-refractivity contribution in [3.8, 4) is 5.75 Å². The van der Waals surface area contributed by atoms with Gasteiger partial charge in [-0.15, -0.1) is 0 Å². The first-order valence-corrected chi connectivity index (χ1v) is 8.43. The van der Waals surface area contributed by atoms with Crippen LogP contribution in [-0.2, 0) is 16.1 Å². The van der Waals surface area contributed by atoms with Gasteiger partial charge in [0.25, 0.3) is 11.6 Å². The highest BCUT2D eigenvalue weighted by molar-refractivity contribution is 5.98. The number of nitro benzene ring substituents is 1. The van der Waals surface area contributed by atoms with E-state index in [9.17, 15) is 19.7 Å². The van der Waals surface area contributed by atoms with Crippen LogP contribution in [0.1, 0.15) is 22.8 Å². The number of carbonyl (C=O) groups is 2. The molecule has 2 rings (SSSR count). The summed E-state index contributed by atoms with van der Waals surface area (Å²) in [4.78, 5) is 34.9. The molecule has 0 aliphatic rings. The minimum atomic E-state index is -1.07. The van der Waals surface area contributed by atoms with Gasteiger partial charge in [-0.3, -0.25) is 14.9 Å². The Bertz CT molecular complexity index is 866. The third kappa shape index (κ3) is 5.19. The molecule has 0 saturated heterocycles. The molecule has 2 aromatic rings. The summed E-state index contributed by atoms with van der Waals surface area (Å²) in [7, 11) is 3.14. The lowest BCUT2D eigenvalue weighted by Gasteiger charge is -2.15. The van der Waals surface area contributed by atoms with Crippen molar-refractivity contribution in [3.63, 3.8) is 0 Å². The van der Waals surface area contributed by atoms with E-state index in [2.05, 4.69) is 10.6 Å². The average molecular weight is 387 g/mol. The summed E-state index contributed by atoms with van der Waals surface area (Å²) in [5.41, 5.74) is 0.944. The molecular weight excluding hydrogens is 366 g/mol. The first-order chi connectivity index (χ1) is 13.3. The highest BCUT2D eigenvalue weighted by Crippen LogP contribution is 2.23. The zero-order chi connectivity index (χ0) is 20.7. The van der Waals surface area contributed by atoms with Crippen LogP contribution < -0.4 is 15.4 Å². The molecule has 2 N–H and O–H groups in total. The van der Waals surface area contributed by atoms with Crippen LogP contribution in [0, 0.1) is 10.1 Å². The number of nitrogens with zero attached hydrogens (tertiary/aromatic N) is 1. The van der Waals surface area contributed by atoms with E-state index in [-0.39, 0.29) is 17.8 Å². The number of ether oxygens (including phenoxy) is 2. The number of nitrogens with one attached hydrogen (secondary N) is 2. The lowest BCUT2D eigenvalue weighted by molar-refractivity contribution is -0.384. The van der Waals surface area contributed by atoms with Gasteiger partial charge in [0.1, 0.15) is 5.75 Å². The molecule has 0 heterocycles. The molecule has 9 nitrogen and oxygen atoms in total. The summed E-state index contributed by atoms with van der Waals surface area (Å²) in [6, 6.07) is 10.9. The number of nitro groups is 1. The number of hydrogen-bond acceptors (Lipinski definition) is 7. The fourth-order valence-corrected chi connectivity index (χ4v) is 2.39. The fourth-order valence-electron chi connectivity index (χ4n) is 2.39. The van der Waals surface area contributed by atoms with Crippen molar-refractivity contribution in [2.24, 2.45) is 0 Å². The van der Waals surface area contributed by atoms with Gasteiger partial charge in [-0.2, -0.15) is 0 Å². The molecule has 9 heteroatoms. The Labute approximate surface area is 161 Å². The summed E-state index contributed by atoms with van der Waals surface area (Å²) in [5.74, 6) is -0.615. The van der Waals surface area contributed by atoms with Gasteiger partial charge >= 0.3 is 5.97 Å². The van der Waals surface area contributed by atoms with Crippen LogP contribution in [0.15, 0.2) is 42.5 Å². The largest absolute Gasteiger partial charge is 0.497 e. The number of benzene rings is 2. The van der Waals surface area contributed by atoms with Crippen LogP contribution in [0.25, 0.3) is 0 Å². The van der Waals surface area contributed by atoms with Crippen LogP contribution in [0.2, 0.25) is 0 Å². The number of anilines is 1. The molecule has 0 saturated carbocycles. The maximum Gasteiger partial charge on any atom is 0.341 e. The van der Waals surface area contributed by atoms with E-state index in [1.807, 2.05) is 0 Å². The number of methoxy groups -OCH3 is 1. The second-order valence-corrected chi connectivity index (χ2v) is 5.85. The van der Waals surface area contributed by atoms with E-state index in [0.717, 1.165) is 11.6 Å². The Morgan fingerprint density at radius 1 is 1.18 bits per heavy atom. The summed E-state index contributed by atoms with van der Waals surface area (Å²) < 4.78 is 10.2. The second-order valence-electron chi connectivity index (χ2n) is 5.85. The Morgan fingerprint density at radius 3 is 2.43 bits per heavy atom. The van der Waals surface area contributed by atoms with Crippen molar-refractivity contribution in [1.29, 1.82) is 0 Å². The third-order valence-corrected chi connectivity index (χ3v) is 3.98.